The Kier molecular flexibility index (Phi) is 5.40. The SMILES string of the molecule is CC(=O)NCc1cccc([C@@H]2CCCN2C(=O)Cn2cccnc2=O)n1. The summed E-state index contributed by atoms with van der Waals surface area (Å²) in [6, 6.07) is 7.13. The average molecular weight is 355 g/mol. The monoisotopic (exact) mass is 355 g/mol. The van der Waals surface area contributed by atoms with E-state index in [2.05, 4.69) is 15.3 Å². The first-order valence-electron chi connectivity index (χ1n) is 8.56. The lowest BCUT2D eigenvalue weighted by Crippen LogP contribution is -2.36. The number of nitrogens with zero attached hydrogens (tertiary/aromatic N) is 4. The van der Waals surface area contributed by atoms with Crippen LogP contribution in [-0.4, -0.2) is 37.8 Å². The van der Waals surface area contributed by atoms with Crippen molar-refractivity contribution >= 4 is 11.8 Å². The summed E-state index contributed by atoms with van der Waals surface area (Å²) in [5, 5.41) is 2.73. The van der Waals surface area contributed by atoms with Crippen LogP contribution < -0.4 is 11.0 Å². The van der Waals surface area contributed by atoms with Gasteiger partial charge in [-0.05, 0) is 31.0 Å². The number of pyridine rings is 1. The molecule has 2 aromatic heterocycles. The van der Waals surface area contributed by atoms with Gasteiger partial charge in [0.2, 0.25) is 11.8 Å². The number of aromatic nitrogens is 3. The van der Waals surface area contributed by atoms with E-state index >= 15 is 0 Å². The number of likely N-dealkylation sites (tertiary alicyclic amines) is 1. The summed E-state index contributed by atoms with van der Waals surface area (Å²) >= 11 is 0. The van der Waals surface area contributed by atoms with E-state index in [0.29, 0.717) is 13.1 Å². The molecule has 1 saturated heterocycles. The van der Waals surface area contributed by atoms with Gasteiger partial charge in [0.05, 0.1) is 24.0 Å². The Labute approximate surface area is 150 Å². The molecule has 8 heteroatoms. The van der Waals surface area contributed by atoms with Crippen LogP contribution in [0, 0.1) is 0 Å². The van der Waals surface area contributed by atoms with Crippen molar-refractivity contribution in [2.75, 3.05) is 6.54 Å². The van der Waals surface area contributed by atoms with Crippen molar-refractivity contribution < 1.29 is 9.59 Å². The van der Waals surface area contributed by atoms with Crippen LogP contribution in [0.25, 0.3) is 0 Å². The first-order chi connectivity index (χ1) is 12.5. The van der Waals surface area contributed by atoms with E-state index in [4.69, 9.17) is 0 Å². The average Bonchev–Trinajstić information content (AvgIpc) is 3.12. The zero-order valence-corrected chi connectivity index (χ0v) is 14.6. The molecule has 0 saturated carbocycles. The predicted octanol–water partition coefficient (Wildman–Crippen LogP) is 0.638. The van der Waals surface area contributed by atoms with Crippen molar-refractivity contribution in [1.82, 2.24) is 24.8 Å². The van der Waals surface area contributed by atoms with Crippen LogP contribution in [0.4, 0.5) is 0 Å². The first kappa shape index (κ1) is 17.8. The van der Waals surface area contributed by atoms with Gasteiger partial charge in [0, 0.05) is 25.9 Å². The fraction of sp³-hybridized carbons (Fsp3) is 0.389. The summed E-state index contributed by atoms with van der Waals surface area (Å²) in [4.78, 5) is 45.5. The van der Waals surface area contributed by atoms with E-state index in [-0.39, 0.29) is 24.4 Å². The molecule has 2 aromatic rings. The molecule has 0 aliphatic carbocycles. The third-order valence-corrected chi connectivity index (χ3v) is 4.35. The summed E-state index contributed by atoms with van der Waals surface area (Å²) in [7, 11) is 0. The largest absolute Gasteiger partial charge is 0.351 e. The second-order valence-corrected chi connectivity index (χ2v) is 6.24. The number of rotatable bonds is 5. The number of carbonyl (C=O) groups excluding carboxylic acids is 2. The molecule has 0 radical (unpaired) electrons. The highest BCUT2D eigenvalue weighted by Gasteiger charge is 2.31. The van der Waals surface area contributed by atoms with Crippen molar-refractivity contribution in [3.05, 3.63) is 58.5 Å². The summed E-state index contributed by atoms with van der Waals surface area (Å²) in [5.74, 6) is -0.242. The van der Waals surface area contributed by atoms with Crippen LogP contribution in [-0.2, 0) is 22.7 Å². The van der Waals surface area contributed by atoms with Gasteiger partial charge in [0.15, 0.2) is 0 Å². The predicted molar refractivity (Wildman–Crippen MR) is 93.9 cm³/mol. The number of nitrogens with one attached hydrogen (secondary N) is 1. The maximum atomic E-state index is 12.7. The van der Waals surface area contributed by atoms with E-state index < -0.39 is 5.69 Å². The highest BCUT2D eigenvalue weighted by Crippen LogP contribution is 2.31. The Balaban J connectivity index is 1.74. The minimum Gasteiger partial charge on any atom is -0.351 e. The zero-order chi connectivity index (χ0) is 18.5. The third kappa shape index (κ3) is 4.14. The molecule has 1 aliphatic heterocycles. The molecule has 3 heterocycles. The maximum absolute atomic E-state index is 12.7. The summed E-state index contributed by atoms with van der Waals surface area (Å²) < 4.78 is 1.30. The van der Waals surface area contributed by atoms with Gasteiger partial charge >= 0.3 is 5.69 Å². The highest BCUT2D eigenvalue weighted by atomic mass is 16.2. The normalized spacial score (nSPS) is 16.5. The van der Waals surface area contributed by atoms with Gasteiger partial charge in [-0.25, -0.2) is 9.78 Å². The summed E-state index contributed by atoms with van der Waals surface area (Å²) in [6.45, 7) is 2.42. The molecule has 2 amide bonds. The van der Waals surface area contributed by atoms with Crippen molar-refractivity contribution in [3.8, 4) is 0 Å². The number of hydrogen-bond acceptors (Lipinski definition) is 5. The minimum absolute atomic E-state index is 0.0330. The molecule has 1 atom stereocenters. The number of amides is 2. The van der Waals surface area contributed by atoms with E-state index in [0.717, 1.165) is 24.2 Å². The van der Waals surface area contributed by atoms with Crippen molar-refractivity contribution in [1.29, 1.82) is 0 Å². The molecule has 26 heavy (non-hydrogen) atoms. The Morgan fingerprint density at radius 2 is 2.15 bits per heavy atom. The Hall–Kier alpha value is -3.03. The minimum atomic E-state index is -0.438. The standard InChI is InChI=1S/C18H21N5O3/c1-13(24)20-11-14-5-2-6-15(21-14)16-7-3-10-23(16)17(25)12-22-9-4-8-19-18(22)26/h2,4-6,8-9,16H,3,7,10-12H2,1H3,(H,20,24)/t16-/m0/s1. The third-order valence-electron chi connectivity index (χ3n) is 4.35. The molecule has 1 N–H and O–H groups in total. The topological polar surface area (TPSA) is 97.2 Å². The first-order valence-corrected chi connectivity index (χ1v) is 8.56. The second-order valence-electron chi connectivity index (χ2n) is 6.24. The van der Waals surface area contributed by atoms with Gasteiger partial charge in [-0.15, -0.1) is 0 Å². The van der Waals surface area contributed by atoms with Crippen LogP contribution >= 0.6 is 0 Å². The number of hydrogen-bond donors (Lipinski definition) is 1. The van der Waals surface area contributed by atoms with Crippen LogP contribution in [0.3, 0.4) is 0 Å². The van der Waals surface area contributed by atoms with Gasteiger partial charge in [-0.3, -0.25) is 19.1 Å². The molecular formula is C18H21N5O3. The van der Waals surface area contributed by atoms with E-state index in [1.54, 1.807) is 17.2 Å². The summed E-state index contributed by atoms with van der Waals surface area (Å²) in [6.07, 6.45) is 4.68. The lowest BCUT2D eigenvalue weighted by molar-refractivity contribution is -0.133. The fourth-order valence-electron chi connectivity index (χ4n) is 3.11. The lowest BCUT2D eigenvalue weighted by atomic mass is 10.1. The Morgan fingerprint density at radius 3 is 2.92 bits per heavy atom. The lowest BCUT2D eigenvalue weighted by Gasteiger charge is -2.25. The molecule has 0 bridgehead atoms. The quantitative estimate of drug-likeness (QED) is 0.849. The van der Waals surface area contributed by atoms with Crippen molar-refractivity contribution in [2.24, 2.45) is 0 Å². The number of carbonyl (C=O) groups is 2. The Bertz CT molecular complexity index is 864. The smallest absolute Gasteiger partial charge is 0.347 e. The van der Waals surface area contributed by atoms with Gasteiger partial charge < -0.3 is 10.2 Å². The summed E-state index contributed by atoms with van der Waals surface area (Å²) in [5.41, 5.74) is 1.12. The Morgan fingerprint density at radius 1 is 1.31 bits per heavy atom. The van der Waals surface area contributed by atoms with E-state index in [9.17, 15) is 14.4 Å². The fourth-order valence-corrected chi connectivity index (χ4v) is 3.11. The molecule has 1 fully saturated rings. The molecule has 8 nitrogen and oxygen atoms in total. The zero-order valence-electron chi connectivity index (χ0n) is 14.6. The maximum Gasteiger partial charge on any atom is 0.347 e. The van der Waals surface area contributed by atoms with Crippen molar-refractivity contribution in [3.63, 3.8) is 0 Å². The van der Waals surface area contributed by atoms with Gasteiger partial charge in [0.1, 0.15) is 6.54 Å². The van der Waals surface area contributed by atoms with Crippen LogP contribution in [0.15, 0.2) is 41.5 Å². The van der Waals surface area contributed by atoms with Crippen molar-refractivity contribution in [2.45, 2.75) is 38.9 Å². The molecule has 0 spiro atoms. The molecule has 0 unspecified atom stereocenters. The van der Waals surface area contributed by atoms with E-state index in [1.807, 2.05) is 18.2 Å². The van der Waals surface area contributed by atoms with Crippen LogP contribution in [0.2, 0.25) is 0 Å². The van der Waals surface area contributed by atoms with Crippen LogP contribution in [0.5, 0.6) is 0 Å². The van der Waals surface area contributed by atoms with Crippen LogP contribution in [0.1, 0.15) is 37.2 Å². The molecule has 136 valence electrons. The van der Waals surface area contributed by atoms with Gasteiger partial charge in [-0.1, -0.05) is 6.07 Å². The molecule has 0 aromatic carbocycles. The van der Waals surface area contributed by atoms with Gasteiger partial charge in [-0.2, -0.15) is 0 Å². The van der Waals surface area contributed by atoms with E-state index in [1.165, 1.54) is 17.7 Å². The molecule has 1 aliphatic rings. The molecular weight excluding hydrogens is 334 g/mol. The highest BCUT2D eigenvalue weighted by molar-refractivity contribution is 5.76. The van der Waals surface area contributed by atoms with Gasteiger partial charge in [0.25, 0.3) is 0 Å². The molecule has 3 rings (SSSR count). The second kappa shape index (κ2) is 7.90.